The van der Waals surface area contributed by atoms with Gasteiger partial charge in [-0.2, -0.15) is 5.26 Å². The number of alkyl halides is 7. The summed E-state index contributed by atoms with van der Waals surface area (Å²) in [5.74, 6) is 3.85. The van der Waals surface area contributed by atoms with E-state index in [4.69, 9.17) is 137 Å². The van der Waals surface area contributed by atoms with Crippen molar-refractivity contribution in [3.05, 3.63) is 119 Å². The highest BCUT2D eigenvalue weighted by molar-refractivity contribution is 9.08. The molecule has 0 unspecified atom stereocenters. The smallest absolute Gasteiger partial charge is 0.494 e. The van der Waals surface area contributed by atoms with Gasteiger partial charge < -0.3 is 153 Å². The first kappa shape index (κ1) is 126. The topological polar surface area (TPSA) is 271 Å². The van der Waals surface area contributed by atoms with Crippen LogP contribution < -0.4 is 72.8 Å². The highest BCUT2D eigenvalue weighted by Gasteiger charge is 2.53. The van der Waals surface area contributed by atoms with Gasteiger partial charge in [0.15, 0.2) is 0 Å². The molecule has 4 aromatic carbocycles. The van der Waals surface area contributed by atoms with E-state index in [-0.39, 0.29) is 134 Å². The van der Waals surface area contributed by atoms with Gasteiger partial charge in [0.25, 0.3) is 0 Å². The van der Waals surface area contributed by atoms with Crippen LogP contribution in [0.1, 0.15) is 84.6 Å². The lowest BCUT2D eigenvalue weighted by molar-refractivity contribution is -0.923. The fraction of sp³-hybridized carbons (Fsp3) is 0.675. The molecule has 4 aromatic rings. The maximum Gasteiger partial charge on any atom is 0.494 e. The number of halogens is 12. The van der Waals surface area contributed by atoms with Gasteiger partial charge in [-0.25, -0.2) is 4.21 Å². The van der Waals surface area contributed by atoms with Gasteiger partial charge in [-0.3, -0.25) is 0 Å². The van der Waals surface area contributed by atoms with Crippen LogP contribution in [0.25, 0.3) is 0 Å². The van der Waals surface area contributed by atoms with Crippen LogP contribution in [0, 0.1) is 11.3 Å². The zero-order chi connectivity index (χ0) is 87.2. The second-order valence-electron chi connectivity index (χ2n) is 30.5. The van der Waals surface area contributed by atoms with E-state index in [0.717, 1.165) is 108 Å². The summed E-state index contributed by atoms with van der Waals surface area (Å²) < 4.78 is 47.2. The number of nitrogens with zero attached hydrogens (tertiary/aromatic N) is 8. The van der Waals surface area contributed by atoms with Crippen molar-refractivity contribution >= 4 is 166 Å². The van der Waals surface area contributed by atoms with Gasteiger partial charge in [-0.15, -0.1) is 69.6 Å². The molecule has 7 rings (SSSR count). The van der Waals surface area contributed by atoms with Crippen molar-refractivity contribution in [3.63, 3.8) is 0 Å². The molecular weight excluding hydrogens is 1960 g/mol. The Morgan fingerprint density at radius 1 is 0.462 bits per heavy atom. The van der Waals surface area contributed by atoms with Gasteiger partial charge in [-0.1, -0.05) is 113 Å². The molecule has 0 saturated carbocycles. The summed E-state index contributed by atoms with van der Waals surface area (Å²) >= 11 is 37.9. The first-order valence-corrected chi connectivity index (χ1v) is 45.3. The Balaban J connectivity index is -0.000000424. The predicted molar refractivity (Wildman–Crippen MR) is 484 cm³/mol. The Hall–Kier alpha value is 0.180. The number of nitriles is 1. The molecule has 0 spiro atoms. The molecule has 0 atom stereocenters. The molecule has 0 aromatic heterocycles. The molecule has 23 nitrogen and oxygen atoms in total. The van der Waals surface area contributed by atoms with Crippen LogP contribution in [-0.4, -0.2) is 358 Å². The number of benzene rings is 4. The molecule has 676 valence electrons. The number of likely N-dealkylation sites (N-methyl/N-ethyl adjacent to an activating group) is 4. The van der Waals surface area contributed by atoms with Crippen molar-refractivity contribution in [1.29, 1.82) is 5.26 Å². The van der Waals surface area contributed by atoms with E-state index >= 15 is 0 Å². The summed E-state index contributed by atoms with van der Waals surface area (Å²) in [6.45, 7) is 33.8. The Labute approximate surface area is 785 Å². The summed E-state index contributed by atoms with van der Waals surface area (Å²) in [4.78, 5) is 8.01. The third kappa shape index (κ3) is 55.5. The summed E-state index contributed by atoms with van der Waals surface area (Å²) in [7, 11) is 19.2. The van der Waals surface area contributed by atoms with Crippen LogP contribution in [-0.2, 0) is 62.1 Å². The number of aliphatic hydroxyl groups excluding tert-OH is 6. The van der Waals surface area contributed by atoms with Crippen molar-refractivity contribution in [2.24, 2.45) is 0 Å². The SMILES string of the molecule is CC#N.CC1(C)OB(c2ccc(CBr)cc2)OC1(C)C.CC1(C)OB(c2ccc(C[N+](C)(CCCl)CCCl)cc2)OC1(C)C.CN(CCCl)CCCl.CN(CCO)CCO.CN(CCO)CCO.CN1CCOB(c2ccc(C[N+](C)(CCO)CCO)cc2)OCC1.C[N+](CCCl)(CCCl)Cc1ccc(B(O)O)cc1.O=S(Cl)Cl.[Br-].[Br-].[Br-]. The van der Waals surface area contributed by atoms with Crippen molar-refractivity contribution in [2.45, 2.75) is 110 Å². The number of hydrogen-bond acceptors (Lipinski definition) is 20. The van der Waals surface area contributed by atoms with Crippen molar-refractivity contribution in [3.8, 4) is 6.07 Å². The number of hydrogen-bond donors (Lipinski definition) is 8. The lowest BCUT2D eigenvalue weighted by Gasteiger charge is -2.33. The van der Waals surface area contributed by atoms with Gasteiger partial charge in [0.1, 0.15) is 32.7 Å². The first-order chi connectivity index (χ1) is 53.6. The molecule has 8 N–H and O–H groups in total. The van der Waals surface area contributed by atoms with Crippen LogP contribution >= 0.6 is 107 Å². The molecular formula is C77H136B4Br4Cl8N8O15S. The first-order valence-electron chi connectivity index (χ1n) is 38.2. The largest absolute Gasteiger partial charge is 1.00 e. The van der Waals surface area contributed by atoms with Crippen molar-refractivity contribution in [1.82, 2.24) is 19.6 Å². The van der Waals surface area contributed by atoms with E-state index in [2.05, 4.69) is 191 Å². The zero-order valence-electron chi connectivity index (χ0n) is 71.6. The third-order valence-electron chi connectivity index (χ3n) is 19.5. The third-order valence-corrected chi connectivity index (χ3v) is 21.2. The molecule has 3 saturated heterocycles. The van der Waals surface area contributed by atoms with Crippen molar-refractivity contribution < 1.29 is 137 Å². The fourth-order valence-electron chi connectivity index (χ4n) is 10.8. The van der Waals surface area contributed by atoms with Crippen LogP contribution in [0.15, 0.2) is 97.1 Å². The Morgan fingerprint density at radius 3 is 0.932 bits per heavy atom. The highest BCUT2D eigenvalue weighted by Crippen LogP contribution is 2.38. The van der Waals surface area contributed by atoms with Crippen LogP contribution in [0.4, 0.5) is 0 Å². The van der Waals surface area contributed by atoms with E-state index in [1.165, 1.54) is 23.6 Å². The second kappa shape index (κ2) is 70.2. The molecule has 0 radical (unpaired) electrons. The average Bonchev–Trinajstić information content (AvgIpc) is 1.63. The molecule has 0 aliphatic carbocycles. The van der Waals surface area contributed by atoms with E-state index in [0.29, 0.717) is 97.7 Å². The minimum atomic E-state index is -1.67. The second-order valence-corrected chi connectivity index (χ2v) is 35.8. The van der Waals surface area contributed by atoms with E-state index in [9.17, 15) is 10.2 Å². The van der Waals surface area contributed by atoms with E-state index < -0.39 is 16.3 Å². The molecule has 3 aliphatic heterocycles. The van der Waals surface area contributed by atoms with E-state index in [1.54, 1.807) is 18.2 Å². The molecule has 3 aliphatic rings. The standard InChI is InChI=1S/C18H29BCl2NO2.C17H30BN2O4.C13H18BBrO2.C12H19BCl2NO2.C5H11Cl2N.2C5H13NO2.C2H3N.3BrH.Cl2OS/c1-17(2)18(3,4)24-19(23-17)16-8-6-15(7-9-16)14-22(5,12-10-20)13-11-21;1-19-7-13-23-18(24-14-8-19)17-5-3-16(4-6-17)15-20(2,9-11-21)10-12-22;1-12(2)13(3,4)17-14(16-12)11-7-5-10(9-15)6-8-11;1-16(8-6-14,9-7-15)10-11-2-4-12(5-3-11)13(17)18;1-8(4-2-6)5-3-7;2*1-6(2-4-7)3-5-8;1-2-3;;;;1-4(2)3/h6-9H,10-14H2,1-5H3;3-6,21-22H,7-15H2,1-2H3;5-8H,9H2,1-4H3;2-5,17-18H,6-10H2,1H3;2-5H2,1H3;2*7-8H,2-5H2,1H3;1H3;3*1H;/q2*+1;;+1;;;;;;;;/p-3. The lowest BCUT2D eigenvalue weighted by Crippen LogP contribution is -3.00. The Morgan fingerprint density at radius 2 is 0.701 bits per heavy atom. The zero-order valence-corrected chi connectivity index (χ0v) is 84.8. The number of quaternary nitrogens is 3. The monoisotopic (exact) mass is 2080 g/mol. The number of aliphatic hydroxyl groups is 6. The number of rotatable bonds is 35. The van der Waals surface area contributed by atoms with Gasteiger partial charge in [0.05, 0.1) is 139 Å². The molecule has 3 fully saturated rings. The van der Waals surface area contributed by atoms with Crippen LogP contribution in [0.5, 0.6) is 0 Å². The highest BCUT2D eigenvalue weighted by atomic mass is 79.9. The molecule has 0 bridgehead atoms. The van der Waals surface area contributed by atoms with Crippen LogP contribution in [0.2, 0.25) is 0 Å². The maximum atomic E-state index is 9.26. The van der Waals surface area contributed by atoms with Crippen molar-refractivity contribution in [2.75, 3.05) is 229 Å². The minimum Gasteiger partial charge on any atom is -1.00 e. The minimum absolute atomic E-state index is 0. The molecule has 40 heteroatoms. The molecule has 117 heavy (non-hydrogen) atoms. The quantitative estimate of drug-likeness (QED) is 0.0109. The summed E-state index contributed by atoms with van der Waals surface area (Å²) in [6, 6.07) is 34.1. The van der Waals surface area contributed by atoms with Gasteiger partial charge in [-0.05, 0) is 111 Å². The summed E-state index contributed by atoms with van der Waals surface area (Å²) in [6.07, 6.45) is 0. The van der Waals surface area contributed by atoms with Gasteiger partial charge in [0, 0.05) is 128 Å². The molecule has 0 amide bonds. The normalized spacial score (nSPS) is 15.1. The van der Waals surface area contributed by atoms with Gasteiger partial charge >= 0.3 is 28.5 Å². The Bertz CT molecular complexity index is 3020. The summed E-state index contributed by atoms with van der Waals surface area (Å²) in [5, 5.41) is 78.1. The van der Waals surface area contributed by atoms with Crippen LogP contribution in [0.3, 0.4) is 0 Å². The van der Waals surface area contributed by atoms with Gasteiger partial charge in [0.2, 0.25) is 9.23 Å². The maximum absolute atomic E-state index is 9.26. The average molecular weight is 2090 g/mol. The summed E-state index contributed by atoms with van der Waals surface area (Å²) in [5.41, 5.74) is 7.33. The Kier molecular flexibility index (Phi) is 75.4. The molecule has 3 heterocycles. The van der Waals surface area contributed by atoms with E-state index in [1.807, 2.05) is 55.2 Å². The fourth-order valence-corrected chi connectivity index (χ4v) is 13.4. The lowest BCUT2D eigenvalue weighted by atomic mass is 9.78. The predicted octanol–water partition coefficient (Wildman–Crippen LogP) is -1.84.